The highest BCUT2D eigenvalue weighted by atomic mass is 16.2. The Bertz CT molecular complexity index is 750. The zero-order valence-electron chi connectivity index (χ0n) is 16.0. The highest BCUT2D eigenvalue weighted by molar-refractivity contribution is 5.97. The lowest BCUT2D eigenvalue weighted by Gasteiger charge is -2.33. The molecule has 2 saturated heterocycles. The van der Waals surface area contributed by atoms with Gasteiger partial charge in [0.2, 0.25) is 5.91 Å². The molecule has 0 saturated carbocycles. The lowest BCUT2D eigenvalue weighted by Crippen LogP contribution is -2.54. The van der Waals surface area contributed by atoms with Gasteiger partial charge in [-0.2, -0.15) is 0 Å². The molecule has 2 aliphatic heterocycles. The highest BCUT2D eigenvalue weighted by Crippen LogP contribution is 2.27. The van der Waals surface area contributed by atoms with Gasteiger partial charge >= 0.3 is 0 Å². The Hall–Kier alpha value is -2.24. The number of hydrogen-bond acceptors (Lipinski definition) is 4. The van der Waals surface area contributed by atoms with Gasteiger partial charge in [0, 0.05) is 11.9 Å². The number of para-hydroxylation sites is 1. The maximum atomic E-state index is 12.9. The molecule has 5 heteroatoms. The van der Waals surface area contributed by atoms with Gasteiger partial charge in [-0.05, 0) is 75.6 Å². The molecule has 0 radical (unpaired) electrons. The standard InChI is InChI=1S/C22H28N4O/c1-25-13-10-17(11-14-25)18-7-8-19(24-15-18)16-26(20-5-3-2-4-6-20)22(27)21-9-12-23-21/h2-8,15,17,21,23H,9-14,16H2,1H3/t21-/m1/s1. The average Bonchev–Trinajstić information content (AvgIpc) is 2.66. The van der Waals surface area contributed by atoms with Crippen LogP contribution in [0.5, 0.6) is 0 Å². The average molecular weight is 364 g/mol. The van der Waals surface area contributed by atoms with E-state index >= 15 is 0 Å². The van der Waals surface area contributed by atoms with Gasteiger partial charge in [-0.3, -0.25) is 9.78 Å². The van der Waals surface area contributed by atoms with Crippen molar-refractivity contribution < 1.29 is 4.79 Å². The van der Waals surface area contributed by atoms with E-state index in [0.29, 0.717) is 12.5 Å². The molecule has 4 rings (SSSR count). The summed E-state index contributed by atoms with van der Waals surface area (Å²) >= 11 is 0. The topological polar surface area (TPSA) is 48.5 Å². The van der Waals surface area contributed by atoms with Crippen molar-refractivity contribution in [2.24, 2.45) is 0 Å². The molecule has 1 amide bonds. The maximum absolute atomic E-state index is 12.9. The number of piperidine rings is 1. The molecule has 3 heterocycles. The van der Waals surface area contributed by atoms with Crippen LogP contribution in [-0.2, 0) is 11.3 Å². The lowest BCUT2D eigenvalue weighted by molar-refractivity contribution is -0.122. The van der Waals surface area contributed by atoms with Crippen LogP contribution in [0.3, 0.4) is 0 Å². The van der Waals surface area contributed by atoms with E-state index in [4.69, 9.17) is 4.98 Å². The Labute approximate surface area is 161 Å². The fourth-order valence-electron chi connectivity index (χ4n) is 3.87. The van der Waals surface area contributed by atoms with Crippen LogP contribution in [0.4, 0.5) is 5.69 Å². The number of nitrogens with zero attached hydrogens (tertiary/aromatic N) is 3. The predicted octanol–water partition coefficient (Wildman–Crippen LogP) is 2.79. The zero-order chi connectivity index (χ0) is 18.6. The van der Waals surface area contributed by atoms with E-state index in [1.54, 1.807) is 0 Å². The quantitative estimate of drug-likeness (QED) is 0.886. The van der Waals surface area contributed by atoms with E-state index in [1.165, 1.54) is 18.4 Å². The molecule has 27 heavy (non-hydrogen) atoms. The summed E-state index contributed by atoms with van der Waals surface area (Å²) in [4.78, 5) is 21.8. The van der Waals surface area contributed by atoms with Gasteiger partial charge in [-0.15, -0.1) is 0 Å². The number of carbonyl (C=O) groups excluding carboxylic acids is 1. The molecule has 0 unspecified atom stereocenters. The van der Waals surface area contributed by atoms with Crippen molar-refractivity contribution in [2.45, 2.75) is 37.8 Å². The second kappa shape index (κ2) is 8.19. The first-order valence-electron chi connectivity index (χ1n) is 9.94. The summed E-state index contributed by atoms with van der Waals surface area (Å²) in [5, 5.41) is 3.22. The Balaban J connectivity index is 1.48. The molecule has 5 nitrogen and oxygen atoms in total. The van der Waals surface area contributed by atoms with Crippen LogP contribution in [-0.4, -0.2) is 48.5 Å². The van der Waals surface area contributed by atoms with Crippen LogP contribution in [0.15, 0.2) is 48.7 Å². The number of amides is 1. The molecule has 0 bridgehead atoms. The van der Waals surface area contributed by atoms with Crippen molar-refractivity contribution in [3.8, 4) is 0 Å². The lowest BCUT2D eigenvalue weighted by atomic mass is 9.90. The minimum absolute atomic E-state index is 0.0660. The normalized spacial score (nSPS) is 20.9. The summed E-state index contributed by atoms with van der Waals surface area (Å²) in [5.74, 6) is 0.738. The number of carbonyl (C=O) groups is 1. The summed E-state index contributed by atoms with van der Waals surface area (Å²) in [6, 6.07) is 14.1. The smallest absolute Gasteiger partial charge is 0.244 e. The number of anilines is 1. The summed E-state index contributed by atoms with van der Waals surface area (Å²) in [5.41, 5.74) is 3.19. The van der Waals surface area contributed by atoms with Crippen molar-refractivity contribution in [3.63, 3.8) is 0 Å². The molecular weight excluding hydrogens is 336 g/mol. The first-order valence-corrected chi connectivity index (χ1v) is 9.94. The van der Waals surface area contributed by atoms with Gasteiger partial charge in [0.25, 0.3) is 0 Å². The van der Waals surface area contributed by atoms with Crippen LogP contribution in [0, 0.1) is 0 Å². The van der Waals surface area contributed by atoms with Crippen molar-refractivity contribution in [3.05, 3.63) is 59.9 Å². The van der Waals surface area contributed by atoms with Gasteiger partial charge in [0.15, 0.2) is 0 Å². The summed E-state index contributed by atoms with van der Waals surface area (Å²) < 4.78 is 0. The molecule has 1 aromatic heterocycles. The molecule has 2 aromatic rings. The van der Waals surface area contributed by atoms with Gasteiger partial charge < -0.3 is 15.1 Å². The third-order valence-electron chi connectivity index (χ3n) is 5.81. The number of likely N-dealkylation sites (tertiary alicyclic amines) is 1. The second-order valence-corrected chi connectivity index (χ2v) is 7.72. The van der Waals surface area contributed by atoms with E-state index in [0.717, 1.165) is 37.4 Å². The van der Waals surface area contributed by atoms with Crippen molar-refractivity contribution >= 4 is 11.6 Å². The Morgan fingerprint density at radius 1 is 1.15 bits per heavy atom. The monoisotopic (exact) mass is 364 g/mol. The SMILES string of the molecule is CN1CCC(c2ccc(CN(C(=O)[C@H]3CCN3)c3ccccc3)nc2)CC1. The Kier molecular flexibility index (Phi) is 5.50. The molecule has 2 aliphatic rings. The Morgan fingerprint density at radius 2 is 1.89 bits per heavy atom. The van der Waals surface area contributed by atoms with E-state index in [1.807, 2.05) is 41.4 Å². The van der Waals surface area contributed by atoms with Gasteiger partial charge in [0.05, 0.1) is 18.3 Å². The molecule has 2 fully saturated rings. The molecule has 142 valence electrons. The van der Waals surface area contributed by atoms with E-state index in [9.17, 15) is 4.79 Å². The number of rotatable bonds is 5. The van der Waals surface area contributed by atoms with Crippen molar-refractivity contribution in [1.29, 1.82) is 0 Å². The summed E-state index contributed by atoms with van der Waals surface area (Å²) in [6.45, 7) is 3.73. The minimum Gasteiger partial charge on any atom is -0.306 e. The predicted molar refractivity (Wildman–Crippen MR) is 108 cm³/mol. The third kappa shape index (κ3) is 4.20. The first-order chi connectivity index (χ1) is 13.2. The highest BCUT2D eigenvalue weighted by Gasteiger charge is 2.30. The largest absolute Gasteiger partial charge is 0.306 e. The van der Waals surface area contributed by atoms with Crippen molar-refractivity contribution in [1.82, 2.24) is 15.2 Å². The van der Waals surface area contributed by atoms with Crippen LogP contribution in [0.1, 0.15) is 36.4 Å². The second-order valence-electron chi connectivity index (χ2n) is 7.72. The molecule has 1 atom stereocenters. The Morgan fingerprint density at radius 3 is 2.48 bits per heavy atom. The van der Waals surface area contributed by atoms with Crippen LogP contribution in [0.2, 0.25) is 0 Å². The minimum atomic E-state index is -0.0660. The van der Waals surface area contributed by atoms with Crippen LogP contribution >= 0.6 is 0 Å². The summed E-state index contributed by atoms with van der Waals surface area (Å²) in [6.07, 6.45) is 5.31. The molecular formula is C22H28N4O. The fraction of sp³-hybridized carbons (Fsp3) is 0.455. The van der Waals surface area contributed by atoms with Crippen LogP contribution < -0.4 is 10.2 Å². The van der Waals surface area contributed by atoms with Gasteiger partial charge in [-0.1, -0.05) is 24.3 Å². The molecule has 0 aliphatic carbocycles. The molecule has 1 N–H and O–H groups in total. The van der Waals surface area contributed by atoms with Gasteiger partial charge in [-0.25, -0.2) is 0 Å². The molecule has 0 spiro atoms. The number of benzene rings is 1. The van der Waals surface area contributed by atoms with Gasteiger partial charge in [0.1, 0.15) is 0 Å². The number of pyridine rings is 1. The maximum Gasteiger partial charge on any atom is 0.244 e. The number of aromatic nitrogens is 1. The number of hydrogen-bond donors (Lipinski definition) is 1. The zero-order valence-corrected chi connectivity index (χ0v) is 16.0. The summed E-state index contributed by atoms with van der Waals surface area (Å²) in [7, 11) is 2.18. The van der Waals surface area contributed by atoms with Crippen molar-refractivity contribution in [2.75, 3.05) is 31.6 Å². The van der Waals surface area contributed by atoms with Crippen LogP contribution in [0.25, 0.3) is 0 Å². The van der Waals surface area contributed by atoms with E-state index < -0.39 is 0 Å². The van der Waals surface area contributed by atoms with E-state index in [-0.39, 0.29) is 11.9 Å². The van der Waals surface area contributed by atoms with E-state index in [2.05, 4.69) is 29.4 Å². The first kappa shape index (κ1) is 18.1. The third-order valence-corrected chi connectivity index (χ3v) is 5.81. The fourth-order valence-corrected chi connectivity index (χ4v) is 3.87. The molecule has 1 aromatic carbocycles. The number of nitrogens with one attached hydrogen (secondary N) is 1.